The van der Waals surface area contributed by atoms with Crippen LogP contribution in [0.3, 0.4) is 0 Å². The Morgan fingerprint density at radius 3 is 2.47 bits per heavy atom. The van der Waals surface area contributed by atoms with Gasteiger partial charge in [0.1, 0.15) is 0 Å². The van der Waals surface area contributed by atoms with Crippen molar-refractivity contribution in [1.29, 1.82) is 0 Å². The largest absolute Gasteiger partial charge is 0.383 e. The molecule has 1 aliphatic heterocycles. The Hall–Kier alpha value is -2.37. The molecule has 3 aromatic rings. The molecule has 0 aliphatic carbocycles. The van der Waals surface area contributed by atoms with Gasteiger partial charge in [-0.05, 0) is 62.7 Å². The van der Waals surface area contributed by atoms with Crippen LogP contribution in [-0.2, 0) is 26.0 Å². The third-order valence-electron chi connectivity index (χ3n) is 5.68. The zero-order valence-corrected chi connectivity index (χ0v) is 21.4. The average Bonchev–Trinajstić information content (AvgIpc) is 3.12. The number of ether oxygens (including phenoxy) is 2. The minimum Gasteiger partial charge on any atom is -0.383 e. The first kappa shape index (κ1) is 24.7. The predicted molar refractivity (Wildman–Crippen MR) is 132 cm³/mol. The first-order valence-electron chi connectivity index (χ1n) is 11.1. The maximum atomic E-state index is 13.1. The lowest BCUT2D eigenvalue weighted by Gasteiger charge is -2.34. The number of morpholine rings is 1. The average molecular weight is 504 g/mol. The van der Waals surface area contributed by atoms with Crippen LogP contribution >= 0.6 is 11.3 Å². The number of methoxy groups -OCH3 is 1. The van der Waals surface area contributed by atoms with E-state index in [4.69, 9.17) is 9.47 Å². The quantitative estimate of drug-likeness (QED) is 0.515. The predicted octanol–water partition coefficient (Wildman–Crippen LogP) is 3.20. The van der Waals surface area contributed by atoms with E-state index in [0.29, 0.717) is 36.6 Å². The normalized spacial score (nSPS) is 20.2. The van der Waals surface area contributed by atoms with E-state index >= 15 is 0 Å². The van der Waals surface area contributed by atoms with Crippen molar-refractivity contribution in [2.24, 2.45) is 4.99 Å². The first-order chi connectivity index (χ1) is 16.2. The number of thiazole rings is 1. The van der Waals surface area contributed by atoms with Crippen molar-refractivity contribution in [3.8, 4) is 0 Å². The standard InChI is InChI=1S/C24H29N3O5S2/c1-16-5-10-21-22(13-16)33-24(27(21)11-12-31-4)25-23(28)19-6-8-20(9-7-19)34(29,30)26-14-17(2)32-18(3)15-26/h5-10,13,17-18H,11-12,14-15H2,1-4H3. The van der Waals surface area contributed by atoms with Crippen molar-refractivity contribution in [3.05, 3.63) is 58.4 Å². The summed E-state index contributed by atoms with van der Waals surface area (Å²) in [7, 11) is -2.04. The van der Waals surface area contributed by atoms with Gasteiger partial charge in [-0.3, -0.25) is 4.79 Å². The molecule has 1 fully saturated rings. The molecule has 2 heterocycles. The van der Waals surface area contributed by atoms with Gasteiger partial charge in [0.15, 0.2) is 4.80 Å². The summed E-state index contributed by atoms with van der Waals surface area (Å²) in [5.74, 6) is -0.424. The zero-order valence-electron chi connectivity index (χ0n) is 19.7. The number of amides is 1. The van der Waals surface area contributed by atoms with E-state index in [-0.39, 0.29) is 17.1 Å². The fourth-order valence-electron chi connectivity index (χ4n) is 4.06. The Bertz CT molecular complexity index is 1350. The second-order valence-electron chi connectivity index (χ2n) is 8.52. The van der Waals surface area contributed by atoms with Gasteiger partial charge < -0.3 is 14.0 Å². The molecule has 182 valence electrons. The van der Waals surface area contributed by atoms with Gasteiger partial charge in [0.25, 0.3) is 5.91 Å². The van der Waals surface area contributed by atoms with Crippen LogP contribution in [0.5, 0.6) is 0 Å². The molecular formula is C24H29N3O5S2. The van der Waals surface area contributed by atoms with Crippen molar-refractivity contribution < 1.29 is 22.7 Å². The number of hydrogen-bond acceptors (Lipinski definition) is 6. The SMILES string of the molecule is COCCn1c(=NC(=O)c2ccc(S(=O)(=O)N3CC(C)OC(C)C3)cc2)sc2cc(C)ccc21. The van der Waals surface area contributed by atoms with E-state index in [1.807, 2.05) is 37.5 Å². The Balaban J connectivity index is 1.63. The minimum atomic E-state index is -3.67. The lowest BCUT2D eigenvalue weighted by molar-refractivity contribution is -0.0440. The van der Waals surface area contributed by atoms with Gasteiger partial charge in [-0.25, -0.2) is 8.42 Å². The molecule has 34 heavy (non-hydrogen) atoms. The number of nitrogens with zero attached hydrogens (tertiary/aromatic N) is 3. The number of aromatic nitrogens is 1. The number of rotatable bonds is 6. The number of aryl methyl sites for hydroxylation is 1. The third kappa shape index (κ3) is 5.16. The topological polar surface area (TPSA) is 90.2 Å². The summed E-state index contributed by atoms with van der Waals surface area (Å²) >= 11 is 1.44. The van der Waals surface area contributed by atoms with Gasteiger partial charge in [0.2, 0.25) is 10.0 Å². The van der Waals surface area contributed by atoms with Crippen molar-refractivity contribution >= 4 is 37.5 Å². The van der Waals surface area contributed by atoms with Crippen LogP contribution < -0.4 is 4.80 Å². The van der Waals surface area contributed by atoms with E-state index in [2.05, 4.69) is 11.1 Å². The molecule has 10 heteroatoms. The number of carbonyl (C=O) groups is 1. The fourth-order valence-corrected chi connectivity index (χ4v) is 6.80. The van der Waals surface area contributed by atoms with E-state index in [0.717, 1.165) is 15.8 Å². The van der Waals surface area contributed by atoms with Gasteiger partial charge in [0.05, 0.1) is 33.9 Å². The minimum absolute atomic E-state index is 0.151. The van der Waals surface area contributed by atoms with Crippen LogP contribution in [0.2, 0.25) is 0 Å². The first-order valence-corrected chi connectivity index (χ1v) is 13.4. The van der Waals surface area contributed by atoms with E-state index in [9.17, 15) is 13.2 Å². The molecule has 0 spiro atoms. The molecule has 0 N–H and O–H groups in total. The molecular weight excluding hydrogens is 474 g/mol. The number of fused-ring (bicyclic) bond motifs is 1. The Kier molecular flexibility index (Phi) is 7.34. The second-order valence-corrected chi connectivity index (χ2v) is 11.5. The Labute approximate surface area is 203 Å². The maximum Gasteiger partial charge on any atom is 0.279 e. The van der Waals surface area contributed by atoms with Crippen molar-refractivity contribution in [3.63, 3.8) is 0 Å². The van der Waals surface area contributed by atoms with Crippen LogP contribution in [0.4, 0.5) is 0 Å². The number of carbonyl (C=O) groups excluding carboxylic acids is 1. The molecule has 1 saturated heterocycles. The molecule has 2 atom stereocenters. The molecule has 4 rings (SSSR count). The lowest BCUT2D eigenvalue weighted by atomic mass is 10.2. The van der Waals surface area contributed by atoms with Crippen LogP contribution in [0, 0.1) is 6.92 Å². The highest BCUT2D eigenvalue weighted by Crippen LogP contribution is 2.22. The van der Waals surface area contributed by atoms with Gasteiger partial charge in [-0.2, -0.15) is 9.30 Å². The van der Waals surface area contributed by atoms with Crippen molar-refractivity contribution in [2.75, 3.05) is 26.8 Å². The molecule has 2 unspecified atom stereocenters. The number of hydrogen-bond donors (Lipinski definition) is 0. The molecule has 8 nitrogen and oxygen atoms in total. The van der Waals surface area contributed by atoms with Crippen LogP contribution in [0.1, 0.15) is 29.8 Å². The van der Waals surface area contributed by atoms with Gasteiger partial charge in [0, 0.05) is 32.3 Å². The van der Waals surface area contributed by atoms with Gasteiger partial charge >= 0.3 is 0 Å². The van der Waals surface area contributed by atoms with Crippen LogP contribution in [0.15, 0.2) is 52.4 Å². The Morgan fingerprint density at radius 2 is 1.82 bits per heavy atom. The molecule has 1 amide bonds. The highest BCUT2D eigenvalue weighted by Gasteiger charge is 2.32. The van der Waals surface area contributed by atoms with Crippen LogP contribution in [0.25, 0.3) is 10.2 Å². The number of sulfonamides is 1. The Morgan fingerprint density at radius 1 is 1.15 bits per heavy atom. The molecule has 1 aliphatic rings. The number of benzene rings is 2. The molecule has 2 aromatic carbocycles. The molecule has 0 saturated carbocycles. The molecule has 1 aromatic heterocycles. The summed E-state index contributed by atoms with van der Waals surface area (Å²) in [6.07, 6.45) is -0.346. The van der Waals surface area contributed by atoms with E-state index in [1.165, 1.54) is 39.9 Å². The molecule has 0 bridgehead atoms. The van der Waals surface area contributed by atoms with Crippen molar-refractivity contribution in [1.82, 2.24) is 8.87 Å². The summed E-state index contributed by atoms with van der Waals surface area (Å²) in [6.45, 7) is 7.40. The van der Waals surface area contributed by atoms with E-state index < -0.39 is 15.9 Å². The van der Waals surface area contributed by atoms with Crippen molar-refractivity contribution in [2.45, 2.75) is 44.4 Å². The lowest BCUT2D eigenvalue weighted by Crippen LogP contribution is -2.48. The third-order valence-corrected chi connectivity index (χ3v) is 8.57. The second kappa shape index (κ2) is 10.1. The summed E-state index contributed by atoms with van der Waals surface area (Å²) < 4.78 is 41.5. The molecule has 0 radical (unpaired) electrons. The highest BCUT2D eigenvalue weighted by molar-refractivity contribution is 7.89. The summed E-state index contributed by atoms with van der Waals surface area (Å²) in [5.41, 5.74) is 2.45. The fraction of sp³-hybridized carbons (Fsp3) is 0.417. The summed E-state index contributed by atoms with van der Waals surface area (Å²) in [6, 6.07) is 12.1. The smallest absolute Gasteiger partial charge is 0.279 e. The monoisotopic (exact) mass is 503 g/mol. The summed E-state index contributed by atoms with van der Waals surface area (Å²) in [4.78, 5) is 18.0. The van der Waals surface area contributed by atoms with Gasteiger partial charge in [-0.1, -0.05) is 17.4 Å². The maximum absolute atomic E-state index is 13.1. The van der Waals surface area contributed by atoms with E-state index in [1.54, 1.807) is 7.11 Å². The van der Waals surface area contributed by atoms with Gasteiger partial charge in [-0.15, -0.1) is 0 Å². The zero-order chi connectivity index (χ0) is 24.5. The summed E-state index contributed by atoms with van der Waals surface area (Å²) in [5, 5.41) is 0. The highest BCUT2D eigenvalue weighted by atomic mass is 32.2. The van der Waals surface area contributed by atoms with Crippen LogP contribution in [-0.4, -0.2) is 62.2 Å².